The van der Waals surface area contributed by atoms with Crippen LogP contribution < -0.4 is 4.74 Å². The molecule has 2 aromatic rings. The molecule has 8 heteroatoms. The zero-order valence-corrected chi connectivity index (χ0v) is 16.1. The van der Waals surface area contributed by atoms with Gasteiger partial charge in [0.25, 0.3) is 5.91 Å². The smallest absolute Gasteiger partial charge is 0.489 e. The summed E-state index contributed by atoms with van der Waals surface area (Å²) in [7, 11) is 0. The maximum Gasteiger partial charge on any atom is 0.522 e. The zero-order chi connectivity index (χ0) is 20.9. The monoisotopic (exact) mass is 408 g/mol. The Morgan fingerprint density at radius 3 is 2.62 bits per heavy atom. The second-order valence-electron chi connectivity index (χ2n) is 6.92. The molecule has 0 bridgehead atoms. The fourth-order valence-electron chi connectivity index (χ4n) is 3.45. The fraction of sp³-hybridized carbons (Fsp3) is 0.429. The third-order valence-electron chi connectivity index (χ3n) is 4.84. The van der Waals surface area contributed by atoms with Gasteiger partial charge in [-0.3, -0.25) is 9.53 Å². The second kappa shape index (κ2) is 9.26. The molecule has 1 aliphatic heterocycles. The predicted octanol–water partition coefficient (Wildman–Crippen LogP) is 4.33. The molecule has 1 fully saturated rings. The van der Waals surface area contributed by atoms with Crippen molar-refractivity contribution in [2.24, 2.45) is 0 Å². The molecule has 1 atom stereocenters. The van der Waals surface area contributed by atoms with Crippen molar-refractivity contribution in [3.63, 3.8) is 0 Å². The van der Waals surface area contributed by atoms with Gasteiger partial charge in [0.2, 0.25) is 0 Å². The molecule has 156 valence electrons. The molecule has 1 aromatic heterocycles. The lowest BCUT2D eigenvalue weighted by Crippen LogP contribution is -2.39. The van der Waals surface area contributed by atoms with Crippen molar-refractivity contribution in [3.05, 3.63) is 59.4 Å². The van der Waals surface area contributed by atoms with Crippen LogP contribution >= 0.6 is 0 Å². The van der Waals surface area contributed by atoms with E-state index in [-0.39, 0.29) is 12.5 Å². The Bertz CT molecular complexity index is 828. The summed E-state index contributed by atoms with van der Waals surface area (Å²) < 4.78 is 44.9. The van der Waals surface area contributed by atoms with E-state index in [1.54, 1.807) is 24.0 Å². The summed E-state index contributed by atoms with van der Waals surface area (Å²) in [5, 5.41) is 0. The zero-order valence-electron chi connectivity index (χ0n) is 16.1. The molecule has 0 saturated carbocycles. The van der Waals surface area contributed by atoms with Crippen LogP contribution in [0.15, 0.2) is 42.5 Å². The van der Waals surface area contributed by atoms with E-state index in [0.717, 1.165) is 12.8 Å². The summed E-state index contributed by atoms with van der Waals surface area (Å²) >= 11 is 0. The molecule has 1 aromatic carbocycles. The van der Waals surface area contributed by atoms with Gasteiger partial charge in [0.15, 0.2) is 0 Å². The van der Waals surface area contributed by atoms with Crippen LogP contribution in [0.4, 0.5) is 13.2 Å². The minimum atomic E-state index is -4.68. The quantitative estimate of drug-likeness (QED) is 0.668. The van der Waals surface area contributed by atoms with Crippen molar-refractivity contribution in [2.75, 3.05) is 26.3 Å². The molecule has 1 aliphatic rings. The summed E-state index contributed by atoms with van der Waals surface area (Å²) in [5.74, 6) is 0.472. The number of hydrogen-bond donors (Lipinski definition) is 0. The van der Waals surface area contributed by atoms with Crippen LogP contribution in [0.3, 0.4) is 0 Å². The molecular formula is C21H23F3N2O3. The number of ether oxygens (including phenoxy) is 2. The first-order valence-corrected chi connectivity index (χ1v) is 9.49. The minimum absolute atomic E-state index is 0.152. The molecule has 3 rings (SSSR count). The Labute approximate surface area is 167 Å². The highest BCUT2D eigenvalue weighted by Crippen LogP contribution is 2.28. The van der Waals surface area contributed by atoms with Crippen LogP contribution in [0.1, 0.15) is 40.5 Å². The molecule has 5 nitrogen and oxygen atoms in total. The van der Waals surface area contributed by atoms with E-state index in [9.17, 15) is 18.0 Å². The SMILES string of the molecule is Cc1nc(C(=O)N2CCCC(c3ccccc3)C2)ccc1OCCOC(F)(F)F. The van der Waals surface area contributed by atoms with Crippen LogP contribution in [0.2, 0.25) is 0 Å². The van der Waals surface area contributed by atoms with E-state index >= 15 is 0 Å². The van der Waals surface area contributed by atoms with Crippen molar-refractivity contribution < 1.29 is 27.4 Å². The number of aryl methyl sites for hydroxylation is 1. The van der Waals surface area contributed by atoms with Crippen LogP contribution in [-0.2, 0) is 4.74 Å². The Kier molecular flexibility index (Phi) is 6.74. The van der Waals surface area contributed by atoms with Crippen molar-refractivity contribution in [1.29, 1.82) is 0 Å². The number of carbonyl (C=O) groups excluding carboxylic acids is 1. The normalized spacial score (nSPS) is 17.2. The highest BCUT2D eigenvalue weighted by atomic mass is 19.4. The molecule has 29 heavy (non-hydrogen) atoms. The molecule has 0 radical (unpaired) electrons. The van der Waals surface area contributed by atoms with Gasteiger partial charge in [-0.25, -0.2) is 4.98 Å². The number of benzene rings is 1. The average Bonchev–Trinajstić information content (AvgIpc) is 2.71. The molecule has 0 N–H and O–H groups in total. The van der Waals surface area contributed by atoms with E-state index in [0.29, 0.717) is 36.1 Å². The van der Waals surface area contributed by atoms with Crippen molar-refractivity contribution >= 4 is 5.91 Å². The Hall–Kier alpha value is -2.61. The summed E-state index contributed by atoms with van der Waals surface area (Å²) in [6, 6.07) is 13.2. The summed E-state index contributed by atoms with van der Waals surface area (Å²) in [4.78, 5) is 19.0. The topological polar surface area (TPSA) is 51.7 Å². The largest absolute Gasteiger partial charge is 0.522 e. The van der Waals surface area contributed by atoms with Crippen molar-refractivity contribution in [3.8, 4) is 5.75 Å². The lowest BCUT2D eigenvalue weighted by molar-refractivity contribution is -0.325. The van der Waals surface area contributed by atoms with Crippen LogP contribution in [0.5, 0.6) is 5.75 Å². The van der Waals surface area contributed by atoms with Gasteiger partial charge in [-0.1, -0.05) is 30.3 Å². The van der Waals surface area contributed by atoms with Crippen molar-refractivity contribution in [2.45, 2.75) is 32.0 Å². The van der Waals surface area contributed by atoms with Crippen LogP contribution in [-0.4, -0.2) is 48.5 Å². The molecule has 0 spiro atoms. The predicted molar refractivity (Wildman–Crippen MR) is 101 cm³/mol. The first kappa shape index (κ1) is 21.1. The van der Waals surface area contributed by atoms with Gasteiger partial charge >= 0.3 is 6.36 Å². The standard InChI is InChI=1S/C21H23F3N2O3/c1-15-19(28-12-13-29-21(22,23)24)10-9-18(25-15)20(27)26-11-5-8-17(14-26)16-6-3-2-4-7-16/h2-4,6-7,9-10,17H,5,8,11-14H2,1H3. The highest BCUT2D eigenvalue weighted by Gasteiger charge is 2.29. The van der Waals surface area contributed by atoms with Gasteiger partial charge in [0, 0.05) is 19.0 Å². The number of aromatic nitrogens is 1. The number of nitrogens with zero attached hydrogens (tertiary/aromatic N) is 2. The van der Waals surface area contributed by atoms with Gasteiger partial charge in [0.05, 0.1) is 12.3 Å². The Balaban J connectivity index is 1.60. The third kappa shape index (κ3) is 5.93. The van der Waals surface area contributed by atoms with E-state index in [1.807, 2.05) is 18.2 Å². The summed E-state index contributed by atoms with van der Waals surface area (Å²) in [6.07, 6.45) is -2.73. The maximum absolute atomic E-state index is 12.9. The van der Waals surface area contributed by atoms with Gasteiger partial charge in [-0.2, -0.15) is 0 Å². The van der Waals surface area contributed by atoms with E-state index < -0.39 is 13.0 Å². The average molecular weight is 408 g/mol. The maximum atomic E-state index is 12.9. The van der Waals surface area contributed by atoms with E-state index in [2.05, 4.69) is 21.9 Å². The number of piperidine rings is 1. The highest BCUT2D eigenvalue weighted by molar-refractivity contribution is 5.92. The minimum Gasteiger partial charge on any atom is -0.489 e. The van der Waals surface area contributed by atoms with Crippen molar-refractivity contribution in [1.82, 2.24) is 9.88 Å². The lowest BCUT2D eigenvalue weighted by atomic mass is 9.90. The van der Waals surface area contributed by atoms with Crippen LogP contribution in [0, 0.1) is 6.92 Å². The summed E-state index contributed by atoms with van der Waals surface area (Å²) in [5.41, 5.74) is 1.97. The number of rotatable bonds is 6. The lowest BCUT2D eigenvalue weighted by Gasteiger charge is -2.33. The van der Waals surface area contributed by atoms with E-state index in [1.165, 1.54) is 5.56 Å². The molecule has 1 amide bonds. The number of halogens is 3. The Morgan fingerprint density at radius 2 is 1.93 bits per heavy atom. The third-order valence-corrected chi connectivity index (χ3v) is 4.84. The number of pyridine rings is 1. The van der Waals surface area contributed by atoms with Gasteiger partial charge in [-0.05, 0) is 37.5 Å². The molecule has 0 aliphatic carbocycles. The molecule has 1 unspecified atom stereocenters. The molecule has 2 heterocycles. The molecular weight excluding hydrogens is 385 g/mol. The fourth-order valence-corrected chi connectivity index (χ4v) is 3.45. The number of alkyl halides is 3. The molecule has 1 saturated heterocycles. The number of likely N-dealkylation sites (tertiary alicyclic amines) is 1. The van der Waals surface area contributed by atoms with Gasteiger partial charge < -0.3 is 9.64 Å². The number of amides is 1. The first-order chi connectivity index (χ1) is 13.8. The first-order valence-electron chi connectivity index (χ1n) is 9.49. The number of hydrogen-bond acceptors (Lipinski definition) is 4. The number of carbonyl (C=O) groups is 1. The Morgan fingerprint density at radius 1 is 1.17 bits per heavy atom. The van der Waals surface area contributed by atoms with Gasteiger partial charge in [-0.15, -0.1) is 13.2 Å². The summed E-state index contributed by atoms with van der Waals surface area (Å²) in [6.45, 7) is 2.09. The van der Waals surface area contributed by atoms with E-state index in [4.69, 9.17) is 4.74 Å². The van der Waals surface area contributed by atoms with Gasteiger partial charge in [0.1, 0.15) is 18.1 Å². The van der Waals surface area contributed by atoms with Crippen LogP contribution in [0.25, 0.3) is 0 Å². The second-order valence-corrected chi connectivity index (χ2v) is 6.92.